The van der Waals surface area contributed by atoms with Crippen LogP contribution < -0.4 is 10.2 Å². The summed E-state index contributed by atoms with van der Waals surface area (Å²) < 4.78 is 13.7. The molecule has 206 valence electrons. The normalized spacial score (nSPS) is 14.0. The SMILES string of the molecule is O=C(Nc1ccccc1C(=O)c1ccccc1)c1ccc2c(c1)N(Cc1cccc(Cl)c1)C(=O)c1ccccc1[S@]2=O. The first kappa shape index (κ1) is 27.3. The van der Waals surface area contributed by atoms with E-state index < -0.39 is 16.7 Å². The Kier molecular flexibility index (Phi) is 7.52. The van der Waals surface area contributed by atoms with Crippen molar-refractivity contribution in [2.75, 3.05) is 10.2 Å². The molecule has 1 N–H and O–H groups in total. The minimum atomic E-state index is -1.67. The molecule has 0 aliphatic carbocycles. The third-order valence-electron chi connectivity index (χ3n) is 6.96. The Hall–Kier alpha value is -4.85. The Morgan fingerprint density at radius 3 is 2.29 bits per heavy atom. The van der Waals surface area contributed by atoms with Crippen LogP contribution in [0.15, 0.2) is 131 Å². The van der Waals surface area contributed by atoms with Crippen LogP contribution in [-0.4, -0.2) is 21.8 Å². The second-order valence-corrected chi connectivity index (χ2v) is 11.5. The van der Waals surface area contributed by atoms with E-state index in [1.165, 1.54) is 4.90 Å². The molecule has 1 aliphatic rings. The van der Waals surface area contributed by atoms with Gasteiger partial charge >= 0.3 is 0 Å². The highest BCUT2D eigenvalue weighted by atomic mass is 35.5. The predicted octanol–water partition coefficient (Wildman–Crippen LogP) is 7.15. The van der Waals surface area contributed by atoms with Gasteiger partial charge in [-0.2, -0.15) is 0 Å². The van der Waals surface area contributed by atoms with E-state index in [-0.39, 0.29) is 23.8 Å². The van der Waals surface area contributed by atoms with Gasteiger partial charge in [-0.05, 0) is 60.2 Å². The maximum atomic E-state index is 13.9. The van der Waals surface area contributed by atoms with Crippen molar-refractivity contribution in [1.29, 1.82) is 0 Å². The lowest BCUT2D eigenvalue weighted by atomic mass is 10.0. The standard InChI is InChI=1S/C34H23ClN2O4S/c35-25-12-8-9-22(19-25)21-37-29-20-24(17-18-31(29)42(41)30-16-7-5-14-27(30)34(37)40)33(39)36-28-15-6-4-13-26(28)32(38)23-10-2-1-3-11-23/h1-20H,21H2,(H,36,39)/t42-/m1/s1. The van der Waals surface area contributed by atoms with Crippen LogP contribution in [0.1, 0.15) is 42.2 Å². The molecule has 0 bridgehead atoms. The van der Waals surface area contributed by atoms with Crippen molar-refractivity contribution >= 4 is 51.4 Å². The summed E-state index contributed by atoms with van der Waals surface area (Å²) in [6.45, 7) is 0.150. The summed E-state index contributed by atoms with van der Waals surface area (Å²) in [6, 6.07) is 34.3. The van der Waals surface area contributed by atoms with E-state index in [9.17, 15) is 18.6 Å². The zero-order valence-corrected chi connectivity index (χ0v) is 23.7. The number of nitrogens with zero attached hydrogens (tertiary/aromatic N) is 1. The summed E-state index contributed by atoms with van der Waals surface area (Å²) in [5, 5.41) is 3.38. The molecule has 6 rings (SSSR count). The first-order valence-electron chi connectivity index (χ1n) is 13.1. The number of hydrogen-bond acceptors (Lipinski definition) is 4. The summed E-state index contributed by atoms with van der Waals surface area (Å²) >= 11 is 6.22. The summed E-state index contributed by atoms with van der Waals surface area (Å²) in [7, 11) is -1.67. The zero-order chi connectivity index (χ0) is 29.2. The zero-order valence-electron chi connectivity index (χ0n) is 22.1. The van der Waals surface area contributed by atoms with Gasteiger partial charge in [-0.15, -0.1) is 0 Å². The van der Waals surface area contributed by atoms with Crippen molar-refractivity contribution in [2.45, 2.75) is 16.3 Å². The summed E-state index contributed by atoms with van der Waals surface area (Å²) in [4.78, 5) is 43.0. The maximum absolute atomic E-state index is 13.9. The van der Waals surface area contributed by atoms with Gasteiger partial charge < -0.3 is 10.2 Å². The van der Waals surface area contributed by atoms with Gasteiger partial charge in [-0.25, -0.2) is 4.21 Å². The van der Waals surface area contributed by atoms with E-state index in [1.807, 2.05) is 12.1 Å². The van der Waals surface area contributed by atoms with E-state index in [4.69, 9.17) is 11.6 Å². The van der Waals surface area contributed by atoms with Crippen molar-refractivity contribution in [3.63, 3.8) is 0 Å². The highest BCUT2D eigenvalue weighted by Crippen LogP contribution is 2.36. The fraction of sp³-hybridized carbons (Fsp3) is 0.0294. The highest BCUT2D eigenvalue weighted by molar-refractivity contribution is 7.85. The van der Waals surface area contributed by atoms with Crippen LogP contribution >= 0.6 is 11.6 Å². The van der Waals surface area contributed by atoms with Gasteiger partial charge in [0.1, 0.15) is 0 Å². The number of carbonyl (C=O) groups excluding carboxylic acids is 3. The van der Waals surface area contributed by atoms with Crippen molar-refractivity contribution in [2.24, 2.45) is 0 Å². The number of fused-ring (bicyclic) bond motifs is 2. The second kappa shape index (κ2) is 11.6. The number of nitrogens with one attached hydrogen (secondary N) is 1. The summed E-state index contributed by atoms with van der Waals surface area (Å²) in [5.74, 6) is -1.04. The van der Waals surface area contributed by atoms with E-state index in [0.29, 0.717) is 42.9 Å². The van der Waals surface area contributed by atoms with Crippen LogP contribution in [0.4, 0.5) is 11.4 Å². The number of rotatable bonds is 6. The maximum Gasteiger partial charge on any atom is 0.259 e. The lowest BCUT2D eigenvalue weighted by Gasteiger charge is -2.24. The molecule has 8 heteroatoms. The van der Waals surface area contributed by atoms with Gasteiger partial charge in [0.15, 0.2) is 5.78 Å². The van der Waals surface area contributed by atoms with Gasteiger partial charge in [0.2, 0.25) is 0 Å². The van der Waals surface area contributed by atoms with Crippen molar-refractivity contribution in [3.8, 4) is 0 Å². The van der Waals surface area contributed by atoms with Crippen LogP contribution in [0.25, 0.3) is 0 Å². The number of benzene rings is 5. The van der Waals surface area contributed by atoms with Crippen LogP contribution in [0, 0.1) is 0 Å². The Labute approximate surface area is 250 Å². The molecule has 0 saturated carbocycles. The molecule has 1 aliphatic heterocycles. The van der Waals surface area contributed by atoms with Crippen molar-refractivity contribution in [1.82, 2.24) is 0 Å². The Balaban J connectivity index is 1.39. The number of hydrogen-bond donors (Lipinski definition) is 1. The van der Waals surface area contributed by atoms with Gasteiger partial charge in [0, 0.05) is 21.7 Å². The van der Waals surface area contributed by atoms with Gasteiger partial charge in [-0.3, -0.25) is 14.4 Å². The van der Waals surface area contributed by atoms with Crippen molar-refractivity contribution in [3.05, 3.63) is 154 Å². The molecule has 0 spiro atoms. The molecule has 0 fully saturated rings. The monoisotopic (exact) mass is 590 g/mol. The summed E-state index contributed by atoms with van der Waals surface area (Å²) in [6.07, 6.45) is 0. The molecule has 2 amide bonds. The van der Waals surface area contributed by atoms with Gasteiger partial charge in [0.05, 0.1) is 44.1 Å². The van der Waals surface area contributed by atoms with Crippen LogP contribution in [0.2, 0.25) is 5.02 Å². The molecule has 42 heavy (non-hydrogen) atoms. The second-order valence-electron chi connectivity index (χ2n) is 9.66. The molecule has 0 radical (unpaired) electrons. The molecule has 0 saturated heterocycles. The predicted molar refractivity (Wildman–Crippen MR) is 164 cm³/mol. The third kappa shape index (κ3) is 5.28. The molecule has 5 aromatic carbocycles. The molecule has 6 nitrogen and oxygen atoms in total. The molecule has 0 aromatic heterocycles. The number of carbonyl (C=O) groups is 3. The number of para-hydroxylation sites is 1. The molecule has 1 atom stereocenters. The molecule has 5 aromatic rings. The molecule has 0 unspecified atom stereocenters. The average molecular weight is 591 g/mol. The minimum absolute atomic E-state index is 0.150. The van der Waals surface area contributed by atoms with E-state index >= 15 is 0 Å². The fourth-order valence-corrected chi connectivity index (χ4v) is 6.47. The minimum Gasteiger partial charge on any atom is -0.321 e. The number of amides is 2. The van der Waals surface area contributed by atoms with Crippen LogP contribution in [0.3, 0.4) is 0 Å². The van der Waals surface area contributed by atoms with Gasteiger partial charge in [-0.1, -0.05) is 78.3 Å². The Morgan fingerprint density at radius 2 is 1.48 bits per heavy atom. The lowest BCUT2D eigenvalue weighted by molar-refractivity contribution is 0.0978. The van der Waals surface area contributed by atoms with Crippen LogP contribution in [-0.2, 0) is 17.3 Å². The quantitative estimate of drug-likeness (QED) is 0.213. The molecular formula is C34H23ClN2O4S. The van der Waals surface area contributed by atoms with Crippen LogP contribution in [0.5, 0.6) is 0 Å². The third-order valence-corrected chi connectivity index (χ3v) is 8.69. The number of anilines is 2. The van der Waals surface area contributed by atoms with Gasteiger partial charge in [0.25, 0.3) is 11.8 Å². The summed E-state index contributed by atoms with van der Waals surface area (Å²) in [5.41, 5.74) is 2.90. The topological polar surface area (TPSA) is 83.6 Å². The Bertz CT molecular complexity index is 1890. The highest BCUT2D eigenvalue weighted by Gasteiger charge is 2.31. The lowest BCUT2D eigenvalue weighted by Crippen LogP contribution is -2.30. The largest absolute Gasteiger partial charge is 0.321 e. The first-order chi connectivity index (χ1) is 20.4. The Morgan fingerprint density at radius 1 is 0.738 bits per heavy atom. The first-order valence-corrected chi connectivity index (χ1v) is 14.6. The smallest absolute Gasteiger partial charge is 0.259 e. The molecular weight excluding hydrogens is 568 g/mol. The average Bonchev–Trinajstić information content (AvgIpc) is 3.10. The number of halogens is 1. The number of ketones is 1. The molecule has 1 heterocycles. The van der Waals surface area contributed by atoms with E-state index in [0.717, 1.165) is 5.56 Å². The van der Waals surface area contributed by atoms with E-state index in [2.05, 4.69) is 5.32 Å². The fourth-order valence-electron chi connectivity index (χ4n) is 4.91. The van der Waals surface area contributed by atoms with E-state index in [1.54, 1.807) is 109 Å². The van der Waals surface area contributed by atoms with Crippen molar-refractivity contribution < 1.29 is 18.6 Å².